The maximum Gasteiger partial charge on any atom is 0.283 e. The van der Waals surface area contributed by atoms with Crippen molar-refractivity contribution in [3.05, 3.63) is 58.2 Å². The molecule has 3 aromatic rings. The van der Waals surface area contributed by atoms with Gasteiger partial charge in [-0.15, -0.1) is 0 Å². The molecule has 0 unspecified atom stereocenters. The molecule has 0 aliphatic rings. The maximum atomic E-state index is 12.8. The molecule has 1 heterocycles. The molecule has 0 N–H and O–H groups in total. The minimum atomic E-state index is -3.69. The van der Waals surface area contributed by atoms with Gasteiger partial charge in [-0.3, -0.25) is 0 Å². The third kappa shape index (κ3) is 2.38. The lowest BCUT2D eigenvalue weighted by atomic mass is 10.2. The van der Waals surface area contributed by atoms with Crippen LogP contribution in [0.25, 0.3) is 10.9 Å². The van der Waals surface area contributed by atoms with E-state index in [2.05, 4.69) is 21.0 Å². The van der Waals surface area contributed by atoms with Crippen LogP contribution in [0.5, 0.6) is 0 Å². The number of rotatable bonds is 2. The zero-order valence-electron chi connectivity index (χ0n) is 11.5. The molecule has 2 aromatic carbocycles. The van der Waals surface area contributed by atoms with Gasteiger partial charge in [-0.05, 0) is 44.2 Å². The SMILES string of the molecule is Cc1ccc(S(=O)(=O)n2nc(C)c3ccc(Br)cc32)cc1. The third-order valence-corrected chi connectivity index (χ3v) is 5.44. The Labute approximate surface area is 131 Å². The van der Waals surface area contributed by atoms with Crippen molar-refractivity contribution in [2.75, 3.05) is 0 Å². The van der Waals surface area contributed by atoms with Crippen molar-refractivity contribution in [1.82, 2.24) is 9.19 Å². The van der Waals surface area contributed by atoms with Crippen LogP contribution in [-0.2, 0) is 10.0 Å². The van der Waals surface area contributed by atoms with Crippen LogP contribution in [0.3, 0.4) is 0 Å². The summed E-state index contributed by atoms with van der Waals surface area (Å²) in [6.07, 6.45) is 0. The van der Waals surface area contributed by atoms with E-state index in [1.807, 2.05) is 19.1 Å². The highest BCUT2D eigenvalue weighted by Gasteiger charge is 2.21. The Morgan fingerprint density at radius 1 is 1.05 bits per heavy atom. The summed E-state index contributed by atoms with van der Waals surface area (Å²) < 4.78 is 27.5. The summed E-state index contributed by atoms with van der Waals surface area (Å²) >= 11 is 3.37. The maximum absolute atomic E-state index is 12.8. The van der Waals surface area contributed by atoms with Crippen LogP contribution in [-0.4, -0.2) is 17.6 Å². The molecule has 0 aliphatic carbocycles. The van der Waals surface area contributed by atoms with Crippen molar-refractivity contribution >= 4 is 36.9 Å². The van der Waals surface area contributed by atoms with E-state index in [0.29, 0.717) is 11.2 Å². The third-order valence-electron chi connectivity index (χ3n) is 3.34. The van der Waals surface area contributed by atoms with Crippen LogP contribution >= 0.6 is 15.9 Å². The lowest BCUT2D eigenvalue weighted by Crippen LogP contribution is -2.14. The molecular formula is C15H13BrN2O2S. The van der Waals surface area contributed by atoms with Crippen LogP contribution in [0.4, 0.5) is 0 Å². The largest absolute Gasteiger partial charge is 0.283 e. The lowest BCUT2D eigenvalue weighted by Gasteiger charge is -2.06. The molecule has 0 spiro atoms. The summed E-state index contributed by atoms with van der Waals surface area (Å²) in [5.41, 5.74) is 2.27. The van der Waals surface area contributed by atoms with Crippen molar-refractivity contribution in [3.63, 3.8) is 0 Å². The number of hydrogen-bond acceptors (Lipinski definition) is 3. The van der Waals surface area contributed by atoms with Gasteiger partial charge in [0.15, 0.2) is 0 Å². The second-order valence-corrected chi connectivity index (χ2v) is 7.59. The van der Waals surface area contributed by atoms with Crippen molar-refractivity contribution in [2.45, 2.75) is 18.7 Å². The van der Waals surface area contributed by atoms with Crippen molar-refractivity contribution in [1.29, 1.82) is 0 Å². The van der Waals surface area contributed by atoms with Gasteiger partial charge in [0.05, 0.1) is 16.1 Å². The molecule has 0 aliphatic heterocycles. The highest BCUT2D eigenvalue weighted by molar-refractivity contribution is 9.10. The Morgan fingerprint density at radius 2 is 1.71 bits per heavy atom. The topological polar surface area (TPSA) is 52.0 Å². The summed E-state index contributed by atoms with van der Waals surface area (Å²) in [5, 5.41) is 5.04. The molecule has 0 radical (unpaired) electrons. The zero-order chi connectivity index (χ0) is 15.2. The fourth-order valence-electron chi connectivity index (χ4n) is 2.21. The summed E-state index contributed by atoms with van der Waals surface area (Å²) in [4.78, 5) is 0.234. The number of fused-ring (bicyclic) bond motifs is 1. The van der Waals surface area contributed by atoms with Crippen molar-refractivity contribution < 1.29 is 8.42 Å². The smallest absolute Gasteiger partial charge is 0.199 e. The molecule has 6 heteroatoms. The van der Waals surface area contributed by atoms with Gasteiger partial charge in [0.25, 0.3) is 10.0 Å². The predicted octanol–water partition coefficient (Wildman–Crippen LogP) is 3.65. The number of aryl methyl sites for hydroxylation is 2. The lowest BCUT2D eigenvalue weighted by molar-refractivity contribution is 0.582. The predicted molar refractivity (Wildman–Crippen MR) is 85.9 cm³/mol. The number of hydrogen-bond donors (Lipinski definition) is 0. The van der Waals surface area contributed by atoms with E-state index < -0.39 is 10.0 Å². The van der Waals surface area contributed by atoms with Gasteiger partial charge in [0.2, 0.25) is 0 Å². The Balaban J connectivity index is 2.28. The Morgan fingerprint density at radius 3 is 2.38 bits per heavy atom. The van der Waals surface area contributed by atoms with Gasteiger partial charge in [-0.25, -0.2) is 0 Å². The average Bonchev–Trinajstić information content (AvgIpc) is 2.76. The molecule has 0 atom stereocenters. The molecule has 0 saturated heterocycles. The standard InChI is InChI=1S/C15H13BrN2O2S/c1-10-3-6-13(7-4-10)21(19,20)18-15-9-12(16)5-8-14(15)11(2)17-18/h3-9H,1-2H3. The number of nitrogens with zero attached hydrogens (tertiary/aromatic N) is 2. The molecule has 0 fully saturated rings. The number of aromatic nitrogens is 2. The molecule has 0 bridgehead atoms. The summed E-state index contributed by atoms with van der Waals surface area (Å²) in [6.45, 7) is 3.72. The van der Waals surface area contributed by atoms with Crippen molar-refractivity contribution in [2.24, 2.45) is 0 Å². The quantitative estimate of drug-likeness (QED) is 0.697. The second kappa shape index (κ2) is 4.96. The first-order valence-electron chi connectivity index (χ1n) is 6.37. The van der Waals surface area contributed by atoms with Crippen LogP contribution < -0.4 is 0 Å². The number of benzene rings is 2. The van der Waals surface area contributed by atoms with E-state index in [1.54, 1.807) is 37.3 Å². The minimum Gasteiger partial charge on any atom is -0.199 e. The first kappa shape index (κ1) is 14.3. The molecule has 1 aromatic heterocycles. The van der Waals surface area contributed by atoms with Gasteiger partial charge < -0.3 is 0 Å². The van der Waals surface area contributed by atoms with Crippen molar-refractivity contribution in [3.8, 4) is 0 Å². The Hall–Kier alpha value is -1.66. The highest BCUT2D eigenvalue weighted by Crippen LogP contribution is 2.26. The molecule has 108 valence electrons. The van der Waals surface area contributed by atoms with Gasteiger partial charge >= 0.3 is 0 Å². The first-order valence-corrected chi connectivity index (χ1v) is 8.60. The second-order valence-electron chi connectivity index (χ2n) is 4.91. The molecule has 3 rings (SSSR count). The van der Waals surface area contributed by atoms with E-state index in [0.717, 1.165) is 19.5 Å². The Kier molecular flexibility index (Phi) is 3.37. The van der Waals surface area contributed by atoms with Crippen LogP contribution in [0.2, 0.25) is 0 Å². The molecule has 4 nitrogen and oxygen atoms in total. The average molecular weight is 365 g/mol. The fraction of sp³-hybridized carbons (Fsp3) is 0.133. The van der Waals surface area contributed by atoms with E-state index in [-0.39, 0.29) is 4.90 Å². The van der Waals surface area contributed by atoms with Crippen LogP contribution in [0.1, 0.15) is 11.3 Å². The van der Waals surface area contributed by atoms with Gasteiger partial charge in [0, 0.05) is 9.86 Å². The van der Waals surface area contributed by atoms with Gasteiger partial charge in [-0.2, -0.15) is 17.6 Å². The number of halogens is 1. The van der Waals surface area contributed by atoms with E-state index in [9.17, 15) is 8.42 Å². The normalized spacial score (nSPS) is 12.0. The summed E-state index contributed by atoms with van der Waals surface area (Å²) in [6, 6.07) is 12.3. The van der Waals surface area contributed by atoms with E-state index in [4.69, 9.17) is 0 Å². The Bertz CT molecular complexity index is 928. The van der Waals surface area contributed by atoms with Gasteiger partial charge in [-0.1, -0.05) is 33.6 Å². The monoisotopic (exact) mass is 364 g/mol. The summed E-state index contributed by atoms with van der Waals surface area (Å²) in [7, 11) is -3.69. The zero-order valence-corrected chi connectivity index (χ0v) is 13.9. The molecule has 21 heavy (non-hydrogen) atoms. The fourth-order valence-corrected chi connectivity index (χ4v) is 3.87. The molecule has 0 saturated carbocycles. The first-order chi connectivity index (χ1) is 9.89. The molecular weight excluding hydrogens is 352 g/mol. The van der Waals surface area contributed by atoms with Crippen LogP contribution in [0.15, 0.2) is 51.8 Å². The van der Waals surface area contributed by atoms with E-state index >= 15 is 0 Å². The highest BCUT2D eigenvalue weighted by atomic mass is 79.9. The van der Waals surface area contributed by atoms with Gasteiger partial charge in [0.1, 0.15) is 0 Å². The minimum absolute atomic E-state index is 0.234. The van der Waals surface area contributed by atoms with Crippen LogP contribution in [0, 0.1) is 13.8 Å². The summed E-state index contributed by atoms with van der Waals surface area (Å²) in [5.74, 6) is 0. The molecule has 0 amide bonds. The van der Waals surface area contributed by atoms with E-state index in [1.165, 1.54) is 0 Å².